The van der Waals surface area contributed by atoms with Gasteiger partial charge >= 0.3 is 23.9 Å². The number of rotatable bonds is 23. The molecular formula is C48H58O8. The molecule has 0 aliphatic carbocycles. The van der Waals surface area contributed by atoms with Crippen molar-refractivity contribution in [3.05, 3.63) is 108 Å². The maximum atomic E-state index is 12.6. The third-order valence-corrected chi connectivity index (χ3v) is 9.64. The largest absolute Gasteiger partial charge is 0.459 e. The minimum atomic E-state index is -0.374. The highest BCUT2D eigenvalue weighted by molar-refractivity contribution is 5.91. The van der Waals surface area contributed by atoms with E-state index in [0.717, 1.165) is 60.8 Å². The predicted molar refractivity (Wildman–Crippen MR) is 221 cm³/mol. The first kappa shape index (κ1) is 43.5. The Morgan fingerprint density at radius 1 is 0.429 bits per heavy atom. The Bertz CT molecular complexity index is 1660. The molecule has 4 rings (SSSR count). The second-order valence-electron chi connectivity index (χ2n) is 14.5. The van der Waals surface area contributed by atoms with Gasteiger partial charge in [0.05, 0.1) is 23.3 Å². The summed E-state index contributed by atoms with van der Waals surface area (Å²) in [6.45, 7) is 8.23. The third-order valence-electron chi connectivity index (χ3n) is 9.64. The molecule has 56 heavy (non-hydrogen) atoms. The summed E-state index contributed by atoms with van der Waals surface area (Å²) in [5.41, 5.74) is 4.73. The fourth-order valence-corrected chi connectivity index (χ4v) is 6.27. The van der Waals surface area contributed by atoms with E-state index < -0.39 is 0 Å². The molecule has 0 aliphatic rings. The van der Waals surface area contributed by atoms with E-state index in [1.165, 1.54) is 25.7 Å². The minimum Gasteiger partial charge on any atom is -0.459 e. The first-order valence-electron chi connectivity index (χ1n) is 20.4. The molecule has 4 aromatic carbocycles. The highest BCUT2D eigenvalue weighted by atomic mass is 16.6. The number of carbonyl (C=O) groups is 4. The van der Waals surface area contributed by atoms with Crippen molar-refractivity contribution in [1.82, 2.24) is 0 Å². The van der Waals surface area contributed by atoms with Crippen LogP contribution in [0.5, 0.6) is 11.5 Å². The van der Waals surface area contributed by atoms with Crippen molar-refractivity contribution in [3.8, 4) is 33.8 Å². The molecule has 0 aliphatic heterocycles. The summed E-state index contributed by atoms with van der Waals surface area (Å²) in [7, 11) is 0. The lowest BCUT2D eigenvalue weighted by atomic mass is 10.0. The van der Waals surface area contributed by atoms with Crippen LogP contribution in [0.3, 0.4) is 0 Å². The van der Waals surface area contributed by atoms with E-state index in [9.17, 15) is 19.2 Å². The molecule has 0 bridgehead atoms. The highest BCUT2D eigenvalue weighted by Crippen LogP contribution is 2.26. The highest BCUT2D eigenvalue weighted by Gasteiger charge is 2.15. The number of ether oxygens (including phenoxy) is 4. The number of hydrogen-bond acceptors (Lipinski definition) is 8. The maximum Gasteiger partial charge on any atom is 0.338 e. The van der Waals surface area contributed by atoms with Crippen molar-refractivity contribution in [1.29, 1.82) is 0 Å². The maximum absolute atomic E-state index is 12.6. The smallest absolute Gasteiger partial charge is 0.338 e. The van der Waals surface area contributed by atoms with Crippen LogP contribution in [0, 0.1) is 0 Å². The number of carbonyl (C=O) groups excluding carboxylic acids is 4. The molecule has 0 saturated heterocycles. The molecule has 0 spiro atoms. The fraction of sp³-hybridized carbons (Fsp3) is 0.417. The van der Waals surface area contributed by atoms with Gasteiger partial charge in [-0.1, -0.05) is 101 Å². The predicted octanol–water partition coefficient (Wildman–Crippen LogP) is 12.1. The van der Waals surface area contributed by atoms with E-state index in [0.29, 0.717) is 35.5 Å². The Hall–Kier alpha value is -5.24. The molecule has 0 heterocycles. The van der Waals surface area contributed by atoms with Crippen LogP contribution < -0.4 is 9.47 Å². The summed E-state index contributed by atoms with van der Waals surface area (Å²) in [4.78, 5) is 50.0. The van der Waals surface area contributed by atoms with Crippen LogP contribution in [0.25, 0.3) is 22.3 Å². The van der Waals surface area contributed by atoms with Gasteiger partial charge in [-0.05, 0) is 123 Å². The average molecular weight is 763 g/mol. The van der Waals surface area contributed by atoms with Crippen LogP contribution in [0.15, 0.2) is 97.1 Å². The first-order valence-corrected chi connectivity index (χ1v) is 20.4. The van der Waals surface area contributed by atoms with Crippen molar-refractivity contribution in [3.63, 3.8) is 0 Å². The van der Waals surface area contributed by atoms with E-state index in [1.807, 2.05) is 62.4 Å². The first-order chi connectivity index (χ1) is 27.1. The van der Waals surface area contributed by atoms with Crippen LogP contribution in [0.4, 0.5) is 0 Å². The number of benzene rings is 4. The topological polar surface area (TPSA) is 105 Å². The lowest BCUT2D eigenvalue weighted by Crippen LogP contribution is -2.15. The molecule has 4 aromatic rings. The molecule has 0 aromatic heterocycles. The van der Waals surface area contributed by atoms with Crippen LogP contribution in [-0.4, -0.2) is 36.1 Å². The SMILES string of the molecule is CCCCCC[C@@H](C)OC(=O)c1ccc(-c2ccc(OC(=O)CCCCC(=O)Oc3ccc(-c4ccc(C(=O)O[C@H](C)CCCCCC)cc4)cc3)cc2)cc1. The van der Waals surface area contributed by atoms with Gasteiger partial charge in [0.2, 0.25) is 0 Å². The second kappa shape index (κ2) is 23.6. The number of hydrogen-bond donors (Lipinski definition) is 0. The van der Waals surface area contributed by atoms with Crippen LogP contribution in [-0.2, 0) is 19.1 Å². The van der Waals surface area contributed by atoms with Crippen LogP contribution in [0.2, 0.25) is 0 Å². The van der Waals surface area contributed by atoms with Crippen molar-refractivity contribution < 1.29 is 38.1 Å². The summed E-state index contributed by atoms with van der Waals surface area (Å²) < 4.78 is 22.2. The van der Waals surface area contributed by atoms with Gasteiger partial charge in [0.1, 0.15) is 11.5 Å². The van der Waals surface area contributed by atoms with Crippen molar-refractivity contribution >= 4 is 23.9 Å². The molecule has 0 saturated carbocycles. The summed E-state index contributed by atoms with van der Waals surface area (Å²) in [5, 5.41) is 0. The van der Waals surface area contributed by atoms with Gasteiger partial charge in [-0.3, -0.25) is 9.59 Å². The van der Waals surface area contributed by atoms with Gasteiger partial charge in [-0.25, -0.2) is 9.59 Å². The minimum absolute atomic E-state index is 0.113. The van der Waals surface area contributed by atoms with Gasteiger partial charge < -0.3 is 18.9 Å². The normalized spacial score (nSPS) is 12.0. The van der Waals surface area contributed by atoms with Gasteiger partial charge in [-0.15, -0.1) is 0 Å². The van der Waals surface area contributed by atoms with Crippen molar-refractivity contribution in [2.45, 2.75) is 130 Å². The van der Waals surface area contributed by atoms with E-state index >= 15 is 0 Å². The van der Waals surface area contributed by atoms with Gasteiger partial charge in [-0.2, -0.15) is 0 Å². The zero-order chi connectivity index (χ0) is 40.1. The van der Waals surface area contributed by atoms with E-state index in [4.69, 9.17) is 18.9 Å². The van der Waals surface area contributed by atoms with Crippen LogP contribution in [0.1, 0.15) is 138 Å². The Labute approximate surface area is 332 Å². The van der Waals surface area contributed by atoms with Gasteiger partial charge in [0.25, 0.3) is 0 Å². The van der Waals surface area contributed by atoms with Crippen molar-refractivity contribution in [2.75, 3.05) is 0 Å². The summed E-state index contributed by atoms with van der Waals surface area (Å²) in [6, 6.07) is 29.0. The summed E-state index contributed by atoms with van der Waals surface area (Å²) in [6.07, 6.45) is 12.0. The third kappa shape index (κ3) is 15.1. The van der Waals surface area contributed by atoms with Crippen LogP contribution >= 0.6 is 0 Å². The second-order valence-corrected chi connectivity index (χ2v) is 14.5. The molecule has 8 heteroatoms. The van der Waals surface area contributed by atoms with E-state index in [-0.39, 0.29) is 48.9 Å². The van der Waals surface area contributed by atoms with Gasteiger partial charge in [0, 0.05) is 12.8 Å². The molecule has 0 radical (unpaired) electrons. The van der Waals surface area contributed by atoms with Gasteiger partial charge in [0.15, 0.2) is 0 Å². The zero-order valence-corrected chi connectivity index (χ0v) is 33.6. The molecule has 0 amide bonds. The quantitative estimate of drug-likeness (QED) is 0.0418. The molecule has 0 unspecified atom stereocenters. The Kier molecular flexibility index (Phi) is 18.3. The molecule has 298 valence electrons. The number of esters is 4. The van der Waals surface area contributed by atoms with E-state index in [2.05, 4.69) is 13.8 Å². The Morgan fingerprint density at radius 2 is 0.750 bits per heavy atom. The van der Waals surface area contributed by atoms with Crippen molar-refractivity contribution in [2.24, 2.45) is 0 Å². The monoisotopic (exact) mass is 762 g/mol. The fourth-order valence-electron chi connectivity index (χ4n) is 6.27. The van der Waals surface area contributed by atoms with E-state index in [1.54, 1.807) is 48.5 Å². The molecule has 0 N–H and O–H groups in total. The zero-order valence-electron chi connectivity index (χ0n) is 33.6. The summed E-state index contributed by atoms with van der Waals surface area (Å²) >= 11 is 0. The Morgan fingerprint density at radius 3 is 1.07 bits per heavy atom. The standard InChI is InChI=1S/C48H58O8/c1-5-7-9-11-15-35(3)53-47(51)41-23-19-37(20-24-41)39-27-31-43(32-28-39)55-45(49)17-13-14-18-46(50)56-44-33-29-40(30-34-44)38-21-25-42(26-22-38)48(52)54-36(4)16-12-10-8-6-2/h19-36H,5-18H2,1-4H3/t35-,36-/m1/s1. The Balaban J connectivity index is 1.12. The number of unbranched alkanes of at least 4 members (excludes halogenated alkanes) is 7. The lowest BCUT2D eigenvalue weighted by molar-refractivity contribution is -0.136. The molecule has 0 fully saturated rings. The average Bonchev–Trinajstić information content (AvgIpc) is 3.20. The lowest BCUT2D eigenvalue weighted by Gasteiger charge is -2.13. The summed E-state index contributed by atoms with van der Waals surface area (Å²) in [5.74, 6) is -0.508. The molecule has 2 atom stereocenters. The molecular weight excluding hydrogens is 705 g/mol. The molecule has 8 nitrogen and oxygen atoms in total.